The van der Waals surface area contributed by atoms with Crippen LogP contribution in [0, 0.1) is 0 Å². The van der Waals surface area contributed by atoms with Crippen molar-refractivity contribution in [1.29, 1.82) is 0 Å². The number of benzene rings is 2. The van der Waals surface area contributed by atoms with Gasteiger partial charge in [0.15, 0.2) is 0 Å². The number of hydrogen-bond acceptors (Lipinski definition) is 7. The summed E-state index contributed by atoms with van der Waals surface area (Å²) in [6.07, 6.45) is 0.198. The molecule has 0 aliphatic heterocycles. The number of carbonyl (C=O) groups is 1. The standard InChI is InChI=1S/C20H23ClN3O5P/c1-28-14-4-6-17-16(12-14)20(15-5-3-13(21)11-18(15)24-17)23-8-7-19(25)22-9-10-29-30(2,26)27/h3-6,11-12H,7-10H2,1-2H3,(H,22,25)(H,23,24)(H,26,27)/p-1. The maximum atomic E-state index is 12.0. The molecule has 0 fully saturated rings. The maximum Gasteiger partial charge on any atom is 0.221 e. The maximum absolute atomic E-state index is 12.0. The molecule has 1 heterocycles. The topological polar surface area (TPSA) is 113 Å². The molecule has 2 N–H and O–H groups in total. The van der Waals surface area contributed by atoms with Gasteiger partial charge >= 0.3 is 0 Å². The first-order chi connectivity index (χ1) is 14.3. The zero-order valence-electron chi connectivity index (χ0n) is 16.6. The monoisotopic (exact) mass is 450 g/mol. The fraction of sp³-hybridized carbons (Fsp3) is 0.300. The van der Waals surface area contributed by atoms with E-state index in [1.54, 1.807) is 19.2 Å². The van der Waals surface area contributed by atoms with Crippen LogP contribution in [0.3, 0.4) is 0 Å². The smallest absolute Gasteiger partial charge is 0.221 e. The van der Waals surface area contributed by atoms with E-state index in [0.717, 1.165) is 34.2 Å². The predicted octanol–water partition coefficient (Wildman–Crippen LogP) is 3.17. The number of anilines is 1. The number of fused-ring (bicyclic) bond motifs is 2. The summed E-state index contributed by atoms with van der Waals surface area (Å²) in [4.78, 5) is 27.6. The summed E-state index contributed by atoms with van der Waals surface area (Å²) >= 11 is 6.12. The minimum atomic E-state index is -3.78. The summed E-state index contributed by atoms with van der Waals surface area (Å²) in [5, 5.41) is 8.28. The van der Waals surface area contributed by atoms with E-state index in [0.29, 0.717) is 17.3 Å². The Kier molecular flexibility index (Phi) is 7.15. The lowest BCUT2D eigenvalue weighted by molar-refractivity contribution is -0.196. The number of methoxy groups -OCH3 is 1. The molecule has 8 nitrogen and oxygen atoms in total. The highest BCUT2D eigenvalue weighted by atomic mass is 35.5. The lowest BCUT2D eigenvalue weighted by Crippen LogP contribution is -2.28. The first kappa shape index (κ1) is 22.3. The van der Waals surface area contributed by atoms with Crippen LogP contribution in [0.15, 0.2) is 36.4 Å². The van der Waals surface area contributed by atoms with E-state index in [4.69, 9.17) is 16.3 Å². The molecule has 1 amide bonds. The van der Waals surface area contributed by atoms with Crippen LogP contribution in [-0.2, 0) is 13.9 Å². The van der Waals surface area contributed by atoms with E-state index in [1.165, 1.54) is 0 Å². The molecule has 1 aromatic heterocycles. The van der Waals surface area contributed by atoms with Gasteiger partial charge in [-0.05, 0) is 36.4 Å². The summed E-state index contributed by atoms with van der Waals surface area (Å²) in [6, 6.07) is 11.1. The van der Waals surface area contributed by atoms with Gasteiger partial charge in [0.1, 0.15) is 13.3 Å². The lowest BCUT2D eigenvalue weighted by Gasteiger charge is -2.17. The van der Waals surface area contributed by atoms with Crippen LogP contribution in [-0.4, -0.2) is 44.4 Å². The average molecular weight is 451 g/mol. The van der Waals surface area contributed by atoms with Crippen molar-refractivity contribution in [3.63, 3.8) is 0 Å². The molecule has 0 saturated carbocycles. The van der Waals surface area contributed by atoms with E-state index in [2.05, 4.69) is 20.1 Å². The molecular weight excluding hydrogens is 429 g/mol. The van der Waals surface area contributed by atoms with Crippen LogP contribution in [0.2, 0.25) is 5.02 Å². The van der Waals surface area contributed by atoms with Crippen LogP contribution >= 0.6 is 19.2 Å². The Morgan fingerprint density at radius 3 is 2.70 bits per heavy atom. The van der Waals surface area contributed by atoms with Crippen molar-refractivity contribution in [1.82, 2.24) is 10.3 Å². The van der Waals surface area contributed by atoms with Gasteiger partial charge in [0, 0.05) is 42.0 Å². The first-order valence-corrected chi connectivity index (χ1v) is 11.6. The second-order valence-corrected chi connectivity index (χ2v) is 8.90. The molecule has 0 aliphatic carbocycles. The normalized spacial score (nSPS) is 13.2. The summed E-state index contributed by atoms with van der Waals surface area (Å²) in [7, 11) is -2.19. The minimum absolute atomic E-state index is 0.0867. The number of rotatable bonds is 9. The van der Waals surface area contributed by atoms with Crippen molar-refractivity contribution in [2.24, 2.45) is 0 Å². The number of aromatic nitrogens is 1. The third-order valence-corrected chi connectivity index (χ3v) is 5.23. The van der Waals surface area contributed by atoms with Crippen molar-refractivity contribution in [3.05, 3.63) is 41.4 Å². The second-order valence-electron chi connectivity index (χ2n) is 6.66. The molecule has 1 unspecified atom stereocenters. The van der Waals surface area contributed by atoms with Crippen molar-refractivity contribution in [3.8, 4) is 5.75 Å². The highest BCUT2D eigenvalue weighted by Gasteiger charge is 2.11. The SMILES string of the molecule is COc1ccc2nc3cc(Cl)ccc3c(NCCC(=O)NCCOP(C)(=O)[O-])c2c1. The second kappa shape index (κ2) is 9.62. The number of halogens is 1. The van der Waals surface area contributed by atoms with Gasteiger partial charge < -0.3 is 29.4 Å². The lowest BCUT2D eigenvalue weighted by atomic mass is 10.1. The third-order valence-electron chi connectivity index (χ3n) is 4.35. The number of amides is 1. The van der Waals surface area contributed by atoms with E-state index in [1.807, 2.05) is 24.3 Å². The van der Waals surface area contributed by atoms with Crippen molar-refractivity contribution < 1.29 is 23.5 Å². The fourth-order valence-electron chi connectivity index (χ4n) is 3.01. The molecule has 160 valence electrons. The highest BCUT2D eigenvalue weighted by molar-refractivity contribution is 7.50. The first-order valence-electron chi connectivity index (χ1n) is 9.27. The van der Waals surface area contributed by atoms with Crippen LogP contribution in [0.5, 0.6) is 5.75 Å². The number of hydrogen-bond donors (Lipinski definition) is 2. The Balaban J connectivity index is 1.73. The van der Waals surface area contributed by atoms with Crippen molar-refractivity contribution >= 4 is 52.6 Å². The molecule has 1 atom stereocenters. The zero-order chi connectivity index (χ0) is 21.7. The Morgan fingerprint density at radius 1 is 1.17 bits per heavy atom. The number of nitrogens with zero attached hydrogens (tertiary/aromatic N) is 1. The zero-order valence-corrected chi connectivity index (χ0v) is 18.3. The highest BCUT2D eigenvalue weighted by Crippen LogP contribution is 2.34. The van der Waals surface area contributed by atoms with Gasteiger partial charge in [-0.1, -0.05) is 11.6 Å². The van der Waals surface area contributed by atoms with Gasteiger partial charge in [-0.15, -0.1) is 0 Å². The summed E-state index contributed by atoms with van der Waals surface area (Å²) < 4.78 is 20.9. The Hall–Kier alpha value is -2.38. The minimum Gasteiger partial charge on any atom is -0.779 e. The summed E-state index contributed by atoms with van der Waals surface area (Å²) in [5.74, 6) is 0.483. The third kappa shape index (κ3) is 5.83. The number of carbonyl (C=O) groups excluding carboxylic acids is 1. The van der Waals surface area contributed by atoms with Gasteiger partial charge in [0.2, 0.25) is 5.91 Å². The van der Waals surface area contributed by atoms with Crippen molar-refractivity contribution in [2.75, 3.05) is 38.8 Å². The molecule has 0 bridgehead atoms. The van der Waals surface area contributed by atoms with Gasteiger partial charge in [-0.25, -0.2) is 4.98 Å². The average Bonchev–Trinajstić information content (AvgIpc) is 2.69. The van der Waals surface area contributed by atoms with Crippen LogP contribution in [0.4, 0.5) is 5.69 Å². The molecule has 0 saturated heterocycles. The molecule has 0 spiro atoms. The molecule has 30 heavy (non-hydrogen) atoms. The quantitative estimate of drug-likeness (QED) is 0.292. The van der Waals surface area contributed by atoms with E-state index < -0.39 is 7.60 Å². The van der Waals surface area contributed by atoms with Crippen LogP contribution in [0.1, 0.15) is 6.42 Å². The number of pyridine rings is 1. The Morgan fingerprint density at radius 2 is 1.97 bits per heavy atom. The molecule has 3 aromatic rings. The summed E-state index contributed by atoms with van der Waals surface area (Å²) in [5.41, 5.74) is 2.35. The predicted molar refractivity (Wildman–Crippen MR) is 116 cm³/mol. The molecule has 0 radical (unpaired) electrons. The van der Waals surface area contributed by atoms with Gasteiger partial charge in [0.05, 0.1) is 30.4 Å². The van der Waals surface area contributed by atoms with Gasteiger partial charge in [0.25, 0.3) is 0 Å². The number of nitrogens with one attached hydrogen (secondary N) is 2. The number of ether oxygens (including phenoxy) is 1. The molecule has 2 aromatic carbocycles. The van der Waals surface area contributed by atoms with Gasteiger partial charge in [-0.2, -0.15) is 0 Å². The Labute approximate surface area is 179 Å². The van der Waals surface area contributed by atoms with Gasteiger partial charge in [-0.3, -0.25) is 4.79 Å². The van der Waals surface area contributed by atoms with Crippen LogP contribution in [0.25, 0.3) is 21.8 Å². The Bertz CT molecular complexity index is 1120. The van der Waals surface area contributed by atoms with E-state index in [-0.39, 0.29) is 25.5 Å². The molecule has 3 rings (SSSR count). The van der Waals surface area contributed by atoms with E-state index >= 15 is 0 Å². The largest absolute Gasteiger partial charge is 0.779 e. The molecular formula is C20H22ClN3O5P-. The molecule has 0 aliphatic rings. The van der Waals surface area contributed by atoms with Crippen molar-refractivity contribution in [2.45, 2.75) is 6.42 Å². The fourth-order valence-corrected chi connectivity index (χ4v) is 3.59. The van der Waals surface area contributed by atoms with Crippen LogP contribution < -0.4 is 20.3 Å². The van der Waals surface area contributed by atoms with E-state index in [9.17, 15) is 14.3 Å². The molecule has 10 heteroatoms. The summed E-state index contributed by atoms with van der Waals surface area (Å²) in [6.45, 7) is 1.39.